The van der Waals surface area contributed by atoms with Crippen molar-refractivity contribution in [2.45, 2.75) is 85.4 Å². The summed E-state index contributed by atoms with van der Waals surface area (Å²) in [5.74, 6) is 1.08. The van der Waals surface area contributed by atoms with E-state index < -0.39 is 5.82 Å². The zero-order chi connectivity index (χ0) is 27.7. The van der Waals surface area contributed by atoms with Crippen LogP contribution in [-0.4, -0.2) is 62.6 Å². The predicted molar refractivity (Wildman–Crippen MR) is 150 cm³/mol. The van der Waals surface area contributed by atoms with Crippen molar-refractivity contribution in [2.24, 2.45) is 5.92 Å². The van der Waals surface area contributed by atoms with Crippen LogP contribution in [0.3, 0.4) is 0 Å². The van der Waals surface area contributed by atoms with E-state index in [0.717, 1.165) is 48.3 Å². The van der Waals surface area contributed by atoms with E-state index in [4.69, 9.17) is 0 Å². The van der Waals surface area contributed by atoms with Crippen LogP contribution < -0.4 is 0 Å². The number of imidazole rings is 1. The van der Waals surface area contributed by atoms with E-state index in [-0.39, 0.29) is 18.0 Å². The van der Waals surface area contributed by atoms with Crippen LogP contribution in [0.4, 0.5) is 4.39 Å². The Morgan fingerprint density at radius 3 is 2.39 bits per heavy atom. The lowest BCUT2D eigenvalue weighted by Gasteiger charge is -2.46. The second-order valence-corrected chi connectivity index (χ2v) is 11.5. The lowest BCUT2D eigenvalue weighted by Crippen LogP contribution is -2.52. The number of hydrogen-bond acceptors (Lipinski definition) is 4. The fraction of sp³-hybridized carbons (Fsp3) is 0.516. The van der Waals surface area contributed by atoms with Gasteiger partial charge in [0.05, 0.1) is 17.3 Å². The van der Waals surface area contributed by atoms with Crippen LogP contribution in [0.5, 0.6) is 0 Å². The molecule has 1 amide bonds. The molecule has 0 bridgehead atoms. The first-order valence-corrected chi connectivity index (χ1v) is 13.8. The minimum atomic E-state index is -0.425. The van der Waals surface area contributed by atoms with Gasteiger partial charge < -0.3 is 14.1 Å². The van der Waals surface area contributed by atoms with Crippen molar-refractivity contribution in [3.63, 3.8) is 0 Å². The van der Waals surface area contributed by atoms with Gasteiger partial charge in [-0.15, -0.1) is 0 Å². The highest BCUT2D eigenvalue weighted by atomic mass is 19.1. The smallest absolute Gasteiger partial charge is 0.255 e. The lowest BCUT2D eigenvalue weighted by atomic mass is 9.85. The second-order valence-electron chi connectivity index (χ2n) is 11.5. The Morgan fingerprint density at radius 1 is 1.11 bits per heavy atom. The number of carbonyl (C=O) groups excluding carboxylic acids is 2. The summed E-state index contributed by atoms with van der Waals surface area (Å²) in [6.07, 6.45) is 6.45. The maximum atomic E-state index is 14.5. The van der Waals surface area contributed by atoms with Crippen LogP contribution in [0.15, 0.2) is 36.7 Å². The van der Waals surface area contributed by atoms with Crippen LogP contribution >= 0.6 is 0 Å². The molecule has 1 atom stereocenters. The molecule has 1 saturated heterocycles. The average molecular weight is 521 g/mol. The van der Waals surface area contributed by atoms with Crippen LogP contribution in [0.1, 0.15) is 82.0 Å². The van der Waals surface area contributed by atoms with E-state index in [1.807, 2.05) is 40.8 Å². The maximum Gasteiger partial charge on any atom is 0.255 e. The number of amides is 1. The largest absolute Gasteiger partial charge is 0.334 e. The van der Waals surface area contributed by atoms with Crippen molar-refractivity contribution in [2.75, 3.05) is 13.1 Å². The van der Waals surface area contributed by atoms with Gasteiger partial charge >= 0.3 is 0 Å². The fourth-order valence-corrected chi connectivity index (χ4v) is 5.98. The summed E-state index contributed by atoms with van der Waals surface area (Å²) in [6.45, 7) is 16.2. The third-order valence-electron chi connectivity index (χ3n) is 7.90. The summed E-state index contributed by atoms with van der Waals surface area (Å²) < 4.78 is 16.6. The molecule has 0 spiro atoms. The molecule has 4 rings (SSSR count). The molecule has 6 nitrogen and oxygen atoms in total. The van der Waals surface area contributed by atoms with Gasteiger partial charge in [-0.3, -0.25) is 9.69 Å². The van der Waals surface area contributed by atoms with Crippen molar-refractivity contribution in [1.29, 1.82) is 0 Å². The molecule has 0 aliphatic carbocycles. The van der Waals surface area contributed by atoms with Gasteiger partial charge in [0, 0.05) is 55.3 Å². The first kappa shape index (κ1) is 28.0. The summed E-state index contributed by atoms with van der Waals surface area (Å²) in [4.78, 5) is 33.6. The molecule has 3 heterocycles. The van der Waals surface area contributed by atoms with Gasteiger partial charge in [-0.1, -0.05) is 19.9 Å². The van der Waals surface area contributed by atoms with Gasteiger partial charge in [0.2, 0.25) is 0 Å². The lowest BCUT2D eigenvalue weighted by molar-refractivity contribution is -0.108. The topological polar surface area (TPSA) is 57.9 Å². The summed E-state index contributed by atoms with van der Waals surface area (Å²) in [6, 6.07) is 7.03. The Kier molecular flexibility index (Phi) is 8.36. The predicted octanol–water partition coefficient (Wildman–Crippen LogP) is 6.11. The molecule has 0 N–H and O–H groups in total. The zero-order valence-corrected chi connectivity index (χ0v) is 23.7. The highest BCUT2D eigenvalue weighted by Crippen LogP contribution is 2.37. The Bertz CT molecular complexity index is 1300. The third kappa shape index (κ3) is 5.39. The van der Waals surface area contributed by atoms with E-state index in [1.54, 1.807) is 11.0 Å². The fourth-order valence-electron chi connectivity index (χ4n) is 5.98. The molecule has 0 radical (unpaired) electrons. The Labute approximate surface area is 225 Å². The van der Waals surface area contributed by atoms with Crippen molar-refractivity contribution >= 4 is 17.7 Å². The van der Waals surface area contributed by atoms with Gasteiger partial charge in [0.1, 0.15) is 17.9 Å². The van der Waals surface area contributed by atoms with Crippen LogP contribution in [0, 0.1) is 18.7 Å². The number of aryl methyl sites for hydroxylation is 1. The molecule has 2 aromatic heterocycles. The number of halogens is 1. The molecular formula is C31H41FN4O2. The Balaban J connectivity index is 1.76. The van der Waals surface area contributed by atoms with Gasteiger partial charge in [-0.25, -0.2) is 9.37 Å². The number of aldehydes is 1. The number of nitrogens with zero attached hydrogens (tertiary/aromatic N) is 4. The van der Waals surface area contributed by atoms with E-state index in [1.165, 1.54) is 17.7 Å². The summed E-state index contributed by atoms with van der Waals surface area (Å²) in [5, 5.41) is 0. The highest BCUT2D eigenvalue weighted by molar-refractivity contribution is 6.03. The molecule has 7 heteroatoms. The normalized spacial score (nSPS) is 15.4. The minimum absolute atomic E-state index is 0.0174. The number of rotatable bonds is 10. The number of hydrogen-bond donors (Lipinski definition) is 0. The molecule has 1 aliphatic rings. The van der Waals surface area contributed by atoms with Crippen LogP contribution in [-0.2, 0) is 4.79 Å². The van der Waals surface area contributed by atoms with Crippen LogP contribution in [0.25, 0.3) is 16.6 Å². The maximum absolute atomic E-state index is 14.5. The van der Waals surface area contributed by atoms with E-state index in [2.05, 4.69) is 40.4 Å². The van der Waals surface area contributed by atoms with E-state index in [0.29, 0.717) is 29.9 Å². The van der Waals surface area contributed by atoms with Crippen molar-refractivity contribution in [3.05, 3.63) is 59.4 Å². The second kappa shape index (κ2) is 11.4. The number of carbonyl (C=O) groups is 2. The van der Waals surface area contributed by atoms with Crippen LogP contribution in [0.2, 0.25) is 0 Å². The standard InChI is InChI=1S/C31H41FN4O2/c1-19(2)29(9-8-12-37)34-16-24(17-34)23-13-27(30-15-33-22(7)35(30)18-23)26-11-10-25(32)14-28(26)31(38)36(20(3)4)21(5)6/h10-15,18-21,24,29H,8-9,16-17H2,1-7H3/t29-/m0/s1. The number of fused-ring (bicyclic) bond motifs is 1. The quantitative estimate of drug-likeness (QED) is 0.303. The summed E-state index contributed by atoms with van der Waals surface area (Å²) in [7, 11) is 0. The third-order valence-corrected chi connectivity index (χ3v) is 7.90. The van der Waals surface area contributed by atoms with E-state index >= 15 is 0 Å². The number of aromatic nitrogens is 2. The van der Waals surface area contributed by atoms with Gasteiger partial charge in [0.25, 0.3) is 5.91 Å². The molecule has 1 aliphatic heterocycles. The van der Waals surface area contributed by atoms with Gasteiger partial charge in [-0.2, -0.15) is 0 Å². The zero-order valence-electron chi connectivity index (χ0n) is 23.7. The molecule has 3 aromatic rings. The molecule has 38 heavy (non-hydrogen) atoms. The molecule has 0 saturated carbocycles. The van der Waals surface area contributed by atoms with Gasteiger partial charge in [-0.05, 0) is 76.3 Å². The first-order valence-electron chi connectivity index (χ1n) is 13.8. The molecule has 1 fully saturated rings. The van der Waals surface area contributed by atoms with Gasteiger partial charge in [0.15, 0.2) is 0 Å². The monoisotopic (exact) mass is 520 g/mol. The van der Waals surface area contributed by atoms with Crippen molar-refractivity contribution in [1.82, 2.24) is 19.2 Å². The average Bonchev–Trinajstić information content (AvgIpc) is 3.19. The Hall–Kier alpha value is -3.06. The highest BCUT2D eigenvalue weighted by Gasteiger charge is 2.35. The van der Waals surface area contributed by atoms with E-state index in [9.17, 15) is 14.0 Å². The molecule has 0 unspecified atom stereocenters. The molecular weight excluding hydrogens is 479 g/mol. The summed E-state index contributed by atoms with van der Waals surface area (Å²) >= 11 is 0. The number of pyridine rings is 1. The SMILES string of the molecule is Cc1ncc2c(-c3ccc(F)cc3C(=O)N(C(C)C)C(C)C)cc(C3CN([C@@H](CCC=O)C(C)C)C3)cn12. The molecule has 1 aromatic carbocycles. The number of likely N-dealkylation sites (tertiary alicyclic amines) is 1. The number of benzene rings is 1. The Morgan fingerprint density at radius 2 is 1.79 bits per heavy atom. The molecule has 204 valence electrons. The first-order chi connectivity index (χ1) is 18.0. The summed E-state index contributed by atoms with van der Waals surface area (Å²) in [5.41, 5.74) is 4.05. The minimum Gasteiger partial charge on any atom is -0.334 e. The van der Waals surface area contributed by atoms with Crippen molar-refractivity contribution < 1.29 is 14.0 Å². The van der Waals surface area contributed by atoms with Crippen molar-refractivity contribution in [3.8, 4) is 11.1 Å².